The highest BCUT2D eigenvalue weighted by molar-refractivity contribution is 7.89. The summed E-state index contributed by atoms with van der Waals surface area (Å²) in [7, 11) is -3.79. The quantitative estimate of drug-likeness (QED) is 0.653. The van der Waals surface area contributed by atoms with Gasteiger partial charge in [0.15, 0.2) is 0 Å². The molecule has 0 saturated carbocycles. The van der Waals surface area contributed by atoms with E-state index in [2.05, 4.69) is 5.32 Å². The van der Waals surface area contributed by atoms with Gasteiger partial charge in [-0.1, -0.05) is 35.9 Å². The fourth-order valence-corrected chi connectivity index (χ4v) is 3.82. The van der Waals surface area contributed by atoms with Gasteiger partial charge in [-0.05, 0) is 41.8 Å². The van der Waals surface area contributed by atoms with Crippen LogP contribution in [-0.2, 0) is 30.8 Å². The Balaban J connectivity index is 1.73. The number of nitrogens with one attached hydrogen (secondary N) is 1. The van der Waals surface area contributed by atoms with Gasteiger partial charge in [-0.15, -0.1) is 0 Å². The minimum atomic E-state index is -3.79. The van der Waals surface area contributed by atoms with Crippen LogP contribution in [0.4, 0.5) is 5.69 Å². The summed E-state index contributed by atoms with van der Waals surface area (Å²) in [6.45, 7) is 1.46. The van der Waals surface area contributed by atoms with Crippen LogP contribution in [0, 0.1) is 0 Å². The van der Waals surface area contributed by atoms with Gasteiger partial charge in [-0.2, -0.15) is 0 Å². The fraction of sp³-hybridized carbons (Fsp3) is 0.150. The number of anilines is 1. The number of nitrogens with two attached hydrogens (primary N) is 1. The molecule has 1 aliphatic rings. The molecule has 0 atom stereocenters. The largest absolute Gasteiger partial charge is 0.326 e. The molecule has 0 unspecified atom stereocenters. The Kier molecular flexibility index (Phi) is 6.06. The number of benzene rings is 2. The van der Waals surface area contributed by atoms with Crippen molar-refractivity contribution in [3.8, 4) is 0 Å². The predicted molar refractivity (Wildman–Crippen MR) is 112 cm³/mol. The summed E-state index contributed by atoms with van der Waals surface area (Å²) in [6, 6.07) is 12.3. The van der Waals surface area contributed by atoms with Crippen molar-refractivity contribution < 1.29 is 22.8 Å². The lowest BCUT2D eigenvalue weighted by atomic mass is 10.1. The third kappa shape index (κ3) is 4.59. The van der Waals surface area contributed by atoms with Gasteiger partial charge >= 0.3 is 0 Å². The Labute approximate surface area is 178 Å². The van der Waals surface area contributed by atoms with Gasteiger partial charge in [0.2, 0.25) is 15.9 Å². The van der Waals surface area contributed by atoms with E-state index >= 15 is 0 Å². The highest BCUT2D eigenvalue weighted by atomic mass is 35.5. The molecule has 0 aromatic heterocycles. The van der Waals surface area contributed by atoms with Crippen LogP contribution in [0.2, 0.25) is 0 Å². The maximum absolute atomic E-state index is 12.8. The summed E-state index contributed by atoms with van der Waals surface area (Å²) in [6.07, 6.45) is 0.321. The van der Waals surface area contributed by atoms with Crippen LogP contribution in [0.5, 0.6) is 0 Å². The van der Waals surface area contributed by atoms with Crippen LogP contribution in [0.25, 0.3) is 5.57 Å². The molecule has 3 N–H and O–H groups in total. The molecular weight excluding hydrogens is 430 g/mol. The number of nitrogens with zero attached hydrogens (tertiary/aromatic N) is 1. The Bertz CT molecular complexity index is 1160. The SMILES string of the molecule is CC(=O)Nc1ccc(C2=C(Cl)C(=O)N(CCc3ccc(S(N)(=O)=O)cc3)C2=O)cc1. The van der Waals surface area contributed by atoms with Crippen LogP contribution < -0.4 is 10.5 Å². The molecular formula is C20H18ClN3O5S. The van der Waals surface area contributed by atoms with Crippen LogP contribution in [-0.4, -0.2) is 37.6 Å². The van der Waals surface area contributed by atoms with Crippen LogP contribution >= 0.6 is 11.6 Å². The molecule has 0 radical (unpaired) electrons. The summed E-state index contributed by atoms with van der Waals surface area (Å²) < 4.78 is 22.6. The van der Waals surface area contributed by atoms with Crippen molar-refractivity contribution in [1.82, 2.24) is 4.90 Å². The Morgan fingerprint density at radius 2 is 1.63 bits per heavy atom. The second-order valence-corrected chi connectivity index (χ2v) is 8.59. The van der Waals surface area contributed by atoms with Gasteiger partial charge in [0, 0.05) is 19.2 Å². The number of imide groups is 1. The number of carbonyl (C=O) groups excluding carboxylic acids is 3. The molecule has 0 saturated heterocycles. The summed E-state index contributed by atoms with van der Waals surface area (Å²) in [5.74, 6) is -1.34. The van der Waals surface area contributed by atoms with E-state index in [-0.39, 0.29) is 28.0 Å². The molecule has 3 amide bonds. The molecule has 3 rings (SSSR count). The van der Waals surface area contributed by atoms with Gasteiger partial charge in [0.25, 0.3) is 11.8 Å². The average molecular weight is 448 g/mol. The van der Waals surface area contributed by atoms with Crippen molar-refractivity contribution in [1.29, 1.82) is 0 Å². The topological polar surface area (TPSA) is 127 Å². The van der Waals surface area contributed by atoms with Gasteiger partial charge in [-0.3, -0.25) is 19.3 Å². The first-order valence-corrected chi connectivity index (χ1v) is 10.8. The average Bonchev–Trinajstić information content (AvgIpc) is 2.89. The van der Waals surface area contributed by atoms with E-state index in [1.54, 1.807) is 36.4 Å². The number of rotatable bonds is 6. The van der Waals surface area contributed by atoms with Crippen molar-refractivity contribution in [2.75, 3.05) is 11.9 Å². The summed E-state index contributed by atoms with van der Waals surface area (Å²) in [4.78, 5) is 37.4. The smallest absolute Gasteiger partial charge is 0.273 e. The molecule has 1 aliphatic heterocycles. The summed E-state index contributed by atoms with van der Waals surface area (Å²) in [5.41, 5.74) is 1.85. The van der Waals surface area contributed by atoms with Crippen molar-refractivity contribution in [3.63, 3.8) is 0 Å². The van der Waals surface area contributed by atoms with E-state index in [0.29, 0.717) is 17.7 Å². The van der Waals surface area contributed by atoms with Crippen LogP contribution in [0.15, 0.2) is 58.5 Å². The number of sulfonamides is 1. The van der Waals surface area contributed by atoms with Gasteiger partial charge in [0.05, 0.1) is 10.5 Å². The summed E-state index contributed by atoms with van der Waals surface area (Å²) in [5, 5.41) is 7.52. The van der Waals surface area contributed by atoms with Gasteiger partial charge in [-0.25, -0.2) is 13.6 Å². The number of hydrogen-bond acceptors (Lipinski definition) is 5. The Morgan fingerprint density at radius 1 is 1.03 bits per heavy atom. The van der Waals surface area contributed by atoms with E-state index in [1.807, 2.05) is 0 Å². The number of primary sulfonamides is 1. The standard InChI is InChI=1S/C20H18ClN3O5S/c1-12(25)23-15-6-4-14(5-7-15)17-18(21)20(27)24(19(17)26)11-10-13-2-8-16(9-3-13)30(22,28)29/h2-9H,10-11H2,1H3,(H,23,25)(H2,22,28,29). The van der Waals surface area contributed by atoms with Crippen LogP contribution in [0.1, 0.15) is 18.1 Å². The zero-order valence-corrected chi connectivity index (χ0v) is 17.5. The van der Waals surface area contributed by atoms with E-state index in [1.165, 1.54) is 19.1 Å². The molecule has 0 bridgehead atoms. The minimum absolute atomic E-state index is 0.0192. The molecule has 30 heavy (non-hydrogen) atoms. The first-order chi connectivity index (χ1) is 14.1. The monoisotopic (exact) mass is 447 g/mol. The van der Waals surface area contributed by atoms with E-state index in [4.69, 9.17) is 16.7 Å². The normalized spacial score (nSPS) is 14.4. The molecule has 8 nitrogen and oxygen atoms in total. The molecule has 156 valence electrons. The van der Waals surface area contributed by atoms with Crippen molar-refractivity contribution in [3.05, 3.63) is 64.7 Å². The maximum atomic E-state index is 12.8. The number of amides is 3. The lowest BCUT2D eigenvalue weighted by Crippen LogP contribution is -2.33. The molecule has 2 aromatic rings. The number of halogens is 1. The molecule has 0 spiro atoms. The zero-order valence-electron chi connectivity index (χ0n) is 15.9. The predicted octanol–water partition coefficient (Wildman–Crippen LogP) is 1.85. The lowest BCUT2D eigenvalue weighted by molar-refractivity contribution is -0.136. The van der Waals surface area contributed by atoms with E-state index in [0.717, 1.165) is 10.5 Å². The lowest BCUT2D eigenvalue weighted by Gasteiger charge is -2.15. The van der Waals surface area contributed by atoms with Gasteiger partial charge in [0.1, 0.15) is 5.03 Å². The third-order valence-electron chi connectivity index (χ3n) is 4.48. The summed E-state index contributed by atoms with van der Waals surface area (Å²) >= 11 is 6.15. The highest BCUT2D eigenvalue weighted by Gasteiger charge is 2.37. The van der Waals surface area contributed by atoms with Crippen LogP contribution in [0.3, 0.4) is 0 Å². The molecule has 1 heterocycles. The second-order valence-electron chi connectivity index (χ2n) is 6.65. The Morgan fingerprint density at radius 3 is 2.17 bits per heavy atom. The maximum Gasteiger partial charge on any atom is 0.273 e. The van der Waals surface area contributed by atoms with E-state index in [9.17, 15) is 22.8 Å². The number of hydrogen-bond donors (Lipinski definition) is 2. The molecule has 0 fully saturated rings. The minimum Gasteiger partial charge on any atom is -0.326 e. The van der Waals surface area contributed by atoms with Crippen molar-refractivity contribution in [2.24, 2.45) is 5.14 Å². The second kappa shape index (κ2) is 8.39. The van der Waals surface area contributed by atoms with Crippen molar-refractivity contribution >= 4 is 50.6 Å². The fourth-order valence-electron chi connectivity index (χ4n) is 3.01. The molecule has 10 heteroatoms. The third-order valence-corrected chi connectivity index (χ3v) is 5.76. The molecule has 0 aliphatic carbocycles. The first-order valence-electron chi connectivity index (χ1n) is 8.83. The van der Waals surface area contributed by atoms with Crippen molar-refractivity contribution in [2.45, 2.75) is 18.2 Å². The van der Waals surface area contributed by atoms with E-state index < -0.39 is 21.8 Å². The van der Waals surface area contributed by atoms with Gasteiger partial charge < -0.3 is 5.32 Å². The first kappa shape index (κ1) is 21.7. The Hall–Kier alpha value is -3.01. The zero-order chi connectivity index (χ0) is 22.1. The number of carbonyl (C=O) groups is 3. The molecule has 2 aromatic carbocycles. The highest BCUT2D eigenvalue weighted by Crippen LogP contribution is 2.32.